The Hall–Kier alpha value is -1.62. The largest absolute Gasteiger partial charge is 0.398 e. The number of nitrogen functional groups attached to an aromatic ring is 1. The molecule has 3 N–H and O–H groups in total. The predicted molar refractivity (Wildman–Crippen MR) is 75.5 cm³/mol. The van der Waals surface area contributed by atoms with Crippen LogP contribution in [0.25, 0.3) is 0 Å². The van der Waals surface area contributed by atoms with Gasteiger partial charge in [-0.3, -0.25) is 0 Å². The second-order valence-electron chi connectivity index (χ2n) is 4.13. The Balaban J connectivity index is 2.34. The van der Waals surface area contributed by atoms with E-state index in [1.807, 2.05) is 13.8 Å². The van der Waals surface area contributed by atoms with E-state index in [4.69, 9.17) is 5.73 Å². The van der Waals surface area contributed by atoms with Gasteiger partial charge in [-0.2, -0.15) is 0 Å². The van der Waals surface area contributed by atoms with Crippen molar-refractivity contribution < 1.29 is 4.39 Å². The van der Waals surface area contributed by atoms with Gasteiger partial charge < -0.3 is 11.1 Å². The van der Waals surface area contributed by atoms with E-state index in [1.54, 1.807) is 18.3 Å². The molecule has 0 radical (unpaired) electrons. The summed E-state index contributed by atoms with van der Waals surface area (Å²) in [6, 6.07) is 4.88. The van der Waals surface area contributed by atoms with Gasteiger partial charge in [0, 0.05) is 23.6 Å². The zero-order valence-electron chi connectivity index (χ0n) is 10.1. The van der Waals surface area contributed by atoms with Crippen molar-refractivity contribution in [3.05, 3.63) is 45.8 Å². The molecule has 3 nitrogen and oxygen atoms in total. The monoisotopic (exact) mass is 309 g/mol. The number of benzene rings is 1. The lowest BCUT2D eigenvalue weighted by Gasteiger charge is -2.11. The minimum atomic E-state index is -0.316. The van der Waals surface area contributed by atoms with Crippen molar-refractivity contribution in [3.8, 4) is 0 Å². The highest BCUT2D eigenvalue weighted by molar-refractivity contribution is 9.10. The number of hydrogen-bond donors (Lipinski definition) is 2. The first-order valence-electron chi connectivity index (χ1n) is 5.42. The molecule has 2 rings (SSSR count). The number of nitrogens with zero attached hydrogens (tertiary/aromatic N) is 1. The summed E-state index contributed by atoms with van der Waals surface area (Å²) in [6.45, 7) is 3.78. The molecule has 0 unspecified atom stereocenters. The van der Waals surface area contributed by atoms with Crippen LogP contribution in [-0.4, -0.2) is 4.98 Å². The van der Waals surface area contributed by atoms with E-state index < -0.39 is 0 Å². The maximum Gasteiger partial charge on any atom is 0.139 e. The second kappa shape index (κ2) is 4.94. The van der Waals surface area contributed by atoms with Crippen molar-refractivity contribution in [2.45, 2.75) is 13.8 Å². The van der Waals surface area contributed by atoms with Crippen molar-refractivity contribution in [2.75, 3.05) is 11.1 Å². The zero-order valence-corrected chi connectivity index (χ0v) is 11.7. The summed E-state index contributed by atoms with van der Waals surface area (Å²) in [5.41, 5.74) is 8.97. The normalized spacial score (nSPS) is 10.4. The molecule has 1 aromatic carbocycles. The van der Waals surface area contributed by atoms with Crippen LogP contribution in [0.2, 0.25) is 0 Å². The van der Waals surface area contributed by atoms with Crippen LogP contribution >= 0.6 is 15.9 Å². The number of aryl methyl sites for hydroxylation is 2. The van der Waals surface area contributed by atoms with Crippen LogP contribution in [0.3, 0.4) is 0 Å². The minimum absolute atomic E-state index is 0.316. The van der Waals surface area contributed by atoms with E-state index in [0.717, 1.165) is 11.1 Å². The fraction of sp³-hybridized carbons (Fsp3) is 0.154. The Morgan fingerprint density at radius 1 is 1.22 bits per heavy atom. The zero-order chi connectivity index (χ0) is 13.3. The molecular formula is C13H13BrFN3. The Morgan fingerprint density at radius 2 is 1.94 bits per heavy atom. The van der Waals surface area contributed by atoms with Crippen LogP contribution < -0.4 is 11.1 Å². The molecule has 0 saturated carbocycles. The number of hydrogen-bond acceptors (Lipinski definition) is 3. The van der Waals surface area contributed by atoms with Crippen molar-refractivity contribution in [3.63, 3.8) is 0 Å². The third kappa shape index (κ3) is 2.61. The van der Waals surface area contributed by atoms with Gasteiger partial charge in [-0.25, -0.2) is 9.37 Å². The first-order valence-corrected chi connectivity index (χ1v) is 6.21. The van der Waals surface area contributed by atoms with Gasteiger partial charge in [-0.1, -0.05) is 0 Å². The number of nitrogens with two attached hydrogens (primary N) is 1. The summed E-state index contributed by atoms with van der Waals surface area (Å²) < 4.78 is 13.9. The van der Waals surface area contributed by atoms with E-state index in [0.29, 0.717) is 21.7 Å². The maximum atomic E-state index is 13.5. The molecule has 0 fully saturated rings. The number of nitrogens with one attached hydrogen (secondary N) is 1. The topological polar surface area (TPSA) is 50.9 Å². The predicted octanol–water partition coefficient (Wildman–Crippen LogP) is 3.93. The van der Waals surface area contributed by atoms with Crippen LogP contribution in [0.5, 0.6) is 0 Å². The van der Waals surface area contributed by atoms with Crippen molar-refractivity contribution >= 4 is 33.1 Å². The standard InChI is InChI=1S/C13H13BrFN3/c1-7-3-9(14)10(15)4-12(7)18-13-5-11(16)8(2)6-17-13/h3-6H,1-2H3,(H3,16,17,18). The number of halogens is 2. The van der Waals surface area contributed by atoms with Crippen molar-refractivity contribution in [1.29, 1.82) is 0 Å². The Bertz CT molecular complexity index is 599. The summed E-state index contributed by atoms with van der Waals surface area (Å²) in [5.74, 6) is 0.283. The van der Waals surface area contributed by atoms with Crippen molar-refractivity contribution in [2.24, 2.45) is 0 Å². The highest BCUT2D eigenvalue weighted by Crippen LogP contribution is 2.26. The molecule has 0 amide bonds. The van der Waals surface area contributed by atoms with Crippen LogP contribution in [0, 0.1) is 19.7 Å². The third-order valence-electron chi connectivity index (χ3n) is 2.67. The molecule has 0 aliphatic carbocycles. The van der Waals surface area contributed by atoms with Gasteiger partial charge in [0.15, 0.2) is 0 Å². The highest BCUT2D eigenvalue weighted by atomic mass is 79.9. The smallest absolute Gasteiger partial charge is 0.139 e. The van der Waals surface area contributed by atoms with E-state index in [-0.39, 0.29) is 5.82 Å². The van der Waals surface area contributed by atoms with Crippen LogP contribution in [0.15, 0.2) is 28.9 Å². The molecule has 0 aliphatic heterocycles. The fourth-order valence-corrected chi connectivity index (χ4v) is 1.98. The van der Waals surface area contributed by atoms with Gasteiger partial charge in [-0.05, 0) is 53.0 Å². The summed E-state index contributed by atoms with van der Waals surface area (Å²) in [7, 11) is 0. The van der Waals surface area contributed by atoms with Crippen LogP contribution in [0.1, 0.15) is 11.1 Å². The Kier molecular flexibility index (Phi) is 3.52. The maximum absolute atomic E-state index is 13.5. The molecular weight excluding hydrogens is 297 g/mol. The number of pyridine rings is 1. The van der Waals surface area contributed by atoms with Crippen LogP contribution in [-0.2, 0) is 0 Å². The molecule has 18 heavy (non-hydrogen) atoms. The van der Waals surface area contributed by atoms with Gasteiger partial charge in [0.25, 0.3) is 0 Å². The van der Waals surface area contributed by atoms with E-state index in [1.165, 1.54) is 6.07 Å². The second-order valence-corrected chi connectivity index (χ2v) is 4.99. The van der Waals surface area contributed by atoms with Gasteiger partial charge in [0.1, 0.15) is 11.6 Å². The Morgan fingerprint density at radius 3 is 2.61 bits per heavy atom. The van der Waals surface area contributed by atoms with Gasteiger partial charge in [0.2, 0.25) is 0 Å². The van der Waals surface area contributed by atoms with Gasteiger partial charge in [-0.15, -0.1) is 0 Å². The number of rotatable bonds is 2. The molecule has 5 heteroatoms. The molecule has 0 atom stereocenters. The Labute approximate surface area is 113 Å². The van der Waals surface area contributed by atoms with Gasteiger partial charge >= 0.3 is 0 Å². The minimum Gasteiger partial charge on any atom is -0.398 e. The molecule has 0 bridgehead atoms. The molecule has 0 saturated heterocycles. The van der Waals surface area contributed by atoms with E-state index in [2.05, 4.69) is 26.2 Å². The average molecular weight is 310 g/mol. The van der Waals surface area contributed by atoms with E-state index in [9.17, 15) is 4.39 Å². The first-order chi connectivity index (χ1) is 8.47. The van der Waals surface area contributed by atoms with Crippen LogP contribution in [0.4, 0.5) is 21.6 Å². The molecule has 0 aliphatic rings. The number of anilines is 3. The highest BCUT2D eigenvalue weighted by Gasteiger charge is 2.06. The fourth-order valence-electron chi connectivity index (χ4n) is 1.53. The molecule has 0 spiro atoms. The lowest BCUT2D eigenvalue weighted by Crippen LogP contribution is -1.99. The summed E-state index contributed by atoms with van der Waals surface area (Å²) in [6.07, 6.45) is 1.68. The lowest BCUT2D eigenvalue weighted by molar-refractivity contribution is 0.621. The average Bonchev–Trinajstić information content (AvgIpc) is 2.31. The molecule has 2 aromatic rings. The summed E-state index contributed by atoms with van der Waals surface area (Å²) in [4.78, 5) is 4.20. The number of aromatic nitrogens is 1. The lowest BCUT2D eigenvalue weighted by atomic mass is 10.2. The summed E-state index contributed by atoms with van der Waals surface area (Å²) >= 11 is 3.15. The summed E-state index contributed by atoms with van der Waals surface area (Å²) in [5, 5.41) is 3.06. The van der Waals surface area contributed by atoms with E-state index >= 15 is 0 Å². The SMILES string of the molecule is Cc1cnc(Nc2cc(F)c(Br)cc2C)cc1N. The third-order valence-corrected chi connectivity index (χ3v) is 3.28. The molecule has 94 valence electrons. The quantitative estimate of drug-likeness (QED) is 0.884. The molecule has 1 aromatic heterocycles. The van der Waals surface area contributed by atoms with Crippen molar-refractivity contribution in [1.82, 2.24) is 4.98 Å². The molecule has 1 heterocycles. The first kappa shape index (κ1) is 12.8. The van der Waals surface area contributed by atoms with Gasteiger partial charge in [0.05, 0.1) is 4.47 Å².